The first-order valence-corrected chi connectivity index (χ1v) is 4.45. The van der Waals surface area contributed by atoms with Crippen LogP contribution in [0.1, 0.15) is 25.7 Å². The molecule has 2 aliphatic rings. The van der Waals surface area contributed by atoms with Crippen LogP contribution in [0.2, 0.25) is 0 Å². The van der Waals surface area contributed by atoms with Crippen LogP contribution in [0.15, 0.2) is 17.3 Å². The van der Waals surface area contributed by atoms with E-state index in [4.69, 9.17) is 5.53 Å². The Hall–Kier alpha value is -0.660. The monoisotopic (exact) mass is 150 g/mol. The zero-order chi connectivity index (χ0) is 7.68. The van der Waals surface area contributed by atoms with E-state index in [0.717, 1.165) is 6.42 Å². The first-order chi connectivity index (χ1) is 5.42. The number of rotatable bonds is 1. The van der Waals surface area contributed by atoms with Gasteiger partial charge in [-0.15, -0.1) is 0 Å². The molecule has 1 N–H and O–H groups in total. The summed E-state index contributed by atoms with van der Waals surface area (Å²) in [6.45, 7) is 0. The van der Waals surface area contributed by atoms with Crippen LogP contribution in [0.3, 0.4) is 0 Å². The topological polar surface area (TPSA) is 36.2 Å². The van der Waals surface area contributed by atoms with Crippen LogP contribution in [0, 0.1) is 17.4 Å². The van der Waals surface area contributed by atoms with E-state index in [0.29, 0.717) is 17.9 Å². The van der Waals surface area contributed by atoms with Gasteiger partial charge in [0, 0.05) is 5.92 Å². The highest BCUT2D eigenvalue weighted by atomic mass is 15.0. The molecule has 3 atom stereocenters. The van der Waals surface area contributed by atoms with E-state index in [2.05, 4.69) is 17.3 Å². The van der Waals surface area contributed by atoms with E-state index in [1.165, 1.54) is 19.3 Å². The first kappa shape index (κ1) is 7.01. The normalized spacial score (nSPS) is 42.0. The van der Waals surface area contributed by atoms with Crippen molar-refractivity contribution in [2.75, 3.05) is 0 Å². The Morgan fingerprint density at radius 2 is 2.27 bits per heavy atom. The molecular formula is C9H14N2. The Morgan fingerprint density at radius 1 is 1.36 bits per heavy atom. The van der Waals surface area contributed by atoms with E-state index >= 15 is 0 Å². The number of allylic oxidation sites excluding steroid dienone is 1. The SMILES string of the molecule is N=NC1C2C=CCC1CCC2. The third kappa shape index (κ3) is 1.10. The minimum absolute atomic E-state index is 0.328. The summed E-state index contributed by atoms with van der Waals surface area (Å²) in [4.78, 5) is 0. The fourth-order valence-corrected chi connectivity index (χ4v) is 2.40. The van der Waals surface area contributed by atoms with Crippen molar-refractivity contribution in [3.63, 3.8) is 0 Å². The van der Waals surface area contributed by atoms with Gasteiger partial charge in [0.1, 0.15) is 0 Å². The van der Waals surface area contributed by atoms with E-state index in [1.807, 2.05) is 0 Å². The lowest BCUT2D eigenvalue weighted by atomic mass is 9.72. The van der Waals surface area contributed by atoms with Gasteiger partial charge in [0.2, 0.25) is 0 Å². The molecule has 0 aromatic carbocycles. The fraction of sp³-hybridized carbons (Fsp3) is 0.778. The maximum absolute atomic E-state index is 7.09. The van der Waals surface area contributed by atoms with Crippen molar-refractivity contribution in [2.45, 2.75) is 31.7 Å². The molecule has 0 heterocycles. The largest absolute Gasteiger partial charge is 0.210 e. The summed E-state index contributed by atoms with van der Waals surface area (Å²) < 4.78 is 0. The van der Waals surface area contributed by atoms with Gasteiger partial charge in [-0.25, -0.2) is 5.53 Å². The summed E-state index contributed by atoms with van der Waals surface area (Å²) in [5.74, 6) is 1.29. The summed E-state index contributed by atoms with van der Waals surface area (Å²) in [6.07, 6.45) is 9.57. The van der Waals surface area contributed by atoms with E-state index < -0.39 is 0 Å². The van der Waals surface area contributed by atoms with Crippen molar-refractivity contribution in [3.05, 3.63) is 12.2 Å². The Labute approximate surface area is 67.2 Å². The van der Waals surface area contributed by atoms with Crippen LogP contribution in [0.5, 0.6) is 0 Å². The quantitative estimate of drug-likeness (QED) is 0.441. The van der Waals surface area contributed by atoms with Gasteiger partial charge in [0.15, 0.2) is 0 Å². The molecule has 1 fully saturated rings. The average molecular weight is 150 g/mol. The van der Waals surface area contributed by atoms with Gasteiger partial charge in [-0.3, -0.25) is 0 Å². The second kappa shape index (κ2) is 2.76. The van der Waals surface area contributed by atoms with Gasteiger partial charge in [-0.05, 0) is 25.2 Å². The van der Waals surface area contributed by atoms with Crippen LogP contribution in [0.25, 0.3) is 0 Å². The predicted molar refractivity (Wildman–Crippen MR) is 43.5 cm³/mol. The third-order valence-corrected chi connectivity index (χ3v) is 3.01. The molecular weight excluding hydrogens is 136 g/mol. The highest BCUT2D eigenvalue weighted by Gasteiger charge is 2.33. The number of hydrogen-bond acceptors (Lipinski definition) is 2. The Bertz CT molecular complexity index is 186. The summed E-state index contributed by atoms with van der Waals surface area (Å²) in [6, 6.07) is 0.328. The molecule has 3 unspecified atom stereocenters. The second-order valence-corrected chi connectivity index (χ2v) is 3.64. The lowest BCUT2D eigenvalue weighted by Crippen LogP contribution is -2.32. The molecule has 0 saturated heterocycles. The molecule has 0 aliphatic heterocycles. The second-order valence-electron chi connectivity index (χ2n) is 3.64. The summed E-state index contributed by atoms with van der Waals surface area (Å²) in [7, 11) is 0. The minimum Gasteiger partial charge on any atom is -0.210 e. The molecule has 11 heavy (non-hydrogen) atoms. The Kier molecular flexibility index (Phi) is 1.76. The summed E-state index contributed by atoms with van der Waals surface area (Å²) in [5.41, 5.74) is 7.09. The van der Waals surface area contributed by atoms with Crippen LogP contribution >= 0.6 is 0 Å². The van der Waals surface area contributed by atoms with Crippen molar-refractivity contribution in [1.29, 1.82) is 5.53 Å². The van der Waals surface area contributed by atoms with Crippen LogP contribution in [-0.4, -0.2) is 6.04 Å². The molecule has 0 radical (unpaired) electrons. The van der Waals surface area contributed by atoms with Crippen molar-refractivity contribution in [1.82, 2.24) is 0 Å². The third-order valence-electron chi connectivity index (χ3n) is 3.01. The zero-order valence-corrected chi connectivity index (χ0v) is 6.66. The van der Waals surface area contributed by atoms with Gasteiger partial charge < -0.3 is 0 Å². The predicted octanol–water partition coefficient (Wildman–Crippen LogP) is 2.76. The van der Waals surface area contributed by atoms with Gasteiger partial charge in [-0.2, -0.15) is 5.11 Å². The average Bonchev–Trinajstić information content (AvgIpc) is 2.03. The van der Waals surface area contributed by atoms with Crippen LogP contribution < -0.4 is 0 Å². The molecule has 60 valence electrons. The molecule has 2 aliphatic carbocycles. The number of hydrogen-bond donors (Lipinski definition) is 1. The molecule has 2 heteroatoms. The van der Waals surface area contributed by atoms with Crippen LogP contribution in [-0.2, 0) is 0 Å². The van der Waals surface area contributed by atoms with Crippen molar-refractivity contribution in [3.8, 4) is 0 Å². The molecule has 2 bridgehead atoms. The lowest BCUT2D eigenvalue weighted by Gasteiger charge is -2.35. The smallest absolute Gasteiger partial charge is 0.0799 e. The fourth-order valence-electron chi connectivity index (χ4n) is 2.40. The Balaban J connectivity index is 2.20. The molecule has 2 rings (SSSR count). The maximum Gasteiger partial charge on any atom is 0.0799 e. The zero-order valence-electron chi connectivity index (χ0n) is 6.66. The number of nitrogens with one attached hydrogen (secondary N) is 1. The van der Waals surface area contributed by atoms with Crippen LogP contribution in [0.4, 0.5) is 0 Å². The summed E-state index contributed by atoms with van der Waals surface area (Å²) >= 11 is 0. The van der Waals surface area contributed by atoms with Crippen molar-refractivity contribution >= 4 is 0 Å². The lowest BCUT2D eigenvalue weighted by molar-refractivity contribution is 0.235. The van der Waals surface area contributed by atoms with Gasteiger partial charge in [0.25, 0.3) is 0 Å². The number of fused-ring (bicyclic) bond motifs is 2. The molecule has 0 aromatic rings. The summed E-state index contributed by atoms with van der Waals surface area (Å²) in [5, 5.41) is 3.73. The van der Waals surface area contributed by atoms with Crippen molar-refractivity contribution in [2.24, 2.45) is 17.0 Å². The van der Waals surface area contributed by atoms with E-state index in [1.54, 1.807) is 0 Å². The number of nitrogens with zero attached hydrogens (tertiary/aromatic N) is 1. The standard InChI is InChI=1S/C9H14N2/c10-11-9-7-3-1-4-8(9)6-2-5-7/h1,3,7-10H,2,4-6H2. The van der Waals surface area contributed by atoms with E-state index in [-0.39, 0.29) is 0 Å². The first-order valence-electron chi connectivity index (χ1n) is 4.45. The van der Waals surface area contributed by atoms with E-state index in [9.17, 15) is 0 Å². The highest BCUT2D eigenvalue weighted by Crippen LogP contribution is 2.37. The Morgan fingerprint density at radius 3 is 2.91 bits per heavy atom. The maximum atomic E-state index is 7.09. The molecule has 0 amide bonds. The molecule has 0 aromatic heterocycles. The molecule has 1 saturated carbocycles. The van der Waals surface area contributed by atoms with Gasteiger partial charge >= 0.3 is 0 Å². The highest BCUT2D eigenvalue weighted by molar-refractivity contribution is 5.05. The molecule has 2 nitrogen and oxygen atoms in total. The van der Waals surface area contributed by atoms with Crippen molar-refractivity contribution < 1.29 is 0 Å². The van der Waals surface area contributed by atoms with Gasteiger partial charge in [0.05, 0.1) is 6.04 Å². The minimum atomic E-state index is 0.328. The van der Waals surface area contributed by atoms with Gasteiger partial charge in [-0.1, -0.05) is 18.6 Å². The molecule has 0 spiro atoms.